The number of carbonyl (C=O) groups is 1. The van der Waals surface area contributed by atoms with Crippen LogP contribution >= 0.6 is 0 Å². The van der Waals surface area contributed by atoms with Gasteiger partial charge in [0.2, 0.25) is 5.91 Å². The van der Waals surface area contributed by atoms with Crippen LogP contribution in [0.3, 0.4) is 0 Å². The molecule has 1 rings (SSSR count). The zero-order chi connectivity index (χ0) is 13.1. The Balaban J connectivity index is 2.25. The number of carbonyl (C=O) groups excluding carboxylic acids is 1. The van der Waals surface area contributed by atoms with Gasteiger partial charge in [0.05, 0.1) is 0 Å². The van der Waals surface area contributed by atoms with Gasteiger partial charge in [0.15, 0.2) is 0 Å². The lowest BCUT2D eigenvalue weighted by Crippen LogP contribution is -2.38. The molecule has 100 valence electrons. The van der Waals surface area contributed by atoms with Gasteiger partial charge in [-0.2, -0.15) is 0 Å². The highest BCUT2D eigenvalue weighted by atomic mass is 16.1. The van der Waals surface area contributed by atoms with Gasteiger partial charge in [-0.05, 0) is 37.0 Å². The van der Waals surface area contributed by atoms with Crippen LogP contribution < -0.4 is 11.1 Å². The second kappa shape index (κ2) is 5.85. The van der Waals surface area contributed by atoms with E-state index in [4.69, 9.17) is 5.73 Å². The lowest BCUT2D eigenvalue weighted by Gasteiger charge is -2.23. The molecule has 0 spiro atoms. The third kappa shape index (κ3) is 6.06. The summed E-state index contributed by atoms with van der Waals surface area (Å²) in [4.78, 5) is 11.8. The molecule has 0 bridgehead atoms. The molecule has 0 heterocycles. The Morgan fingerprint density at radius 2 is 2.06 bits per heavy atom. The minimum Gasteiger partial charge on any atom is -0.353 e. The summed E-state index contributed by atoms with van der Waals surface area (Å²) in [7, 11) is 0. The van der Waals surface area contributed by atoms with E-state index in [1.165, 1.54) is 6.42 Å². The van der Waals surface area contributed by atoms with E-state index >= 15 is 0 Å². The van der Waals surface area contributed by atoms with E-state index in [1.54, 1.807) is 0 Å². The average molecular weight is 240 g/mol. The van der Waals surface area contributed by atoms with Gasteiger partial charge in [-0.3, -0.25) is 4.79 Å². The van der Waals surface area contributed by atoms with Crippen LogP contribution in [0.4, 0.5) is 0 Å². The van der Waals surface area contributed by atoms with Crippen molar-refractivity contribution in [2.45, 2.75) is 71.9 Å². The topological polar surface area (TPSA) is 55.1 Å². The second-order valence-electron chi connectivity index (χ2n) is 6.91. The zero-order valence-corrected chi connectivity index (χ0v) is 11.8. The molecule has 3 unspecified atom stereocenters. The van der Waals surface area contributed by atoms with Crippen molar-refractivity contribution in [2.24, 2.45) is 17.1 Å². The second-order valence-corrected chi connectivity index (χ2v) is 6.91. The first-order valence-corrected chi connectivity index (χ1v) is 6.81. The van der Waals surface area contributed by atoms with Crippen LogP contribution in [0.25, 0.3) is 0 Å². The maximum absolute atomic E-state index is 11.8. The Kier molecular flexibility index (Phi) is 4.99. The molecule has 3 heteroatoms. The molecule has 0 saturated heterocycles. The number of nitrogens with one attached hydrogen (secondary N) is 1. The molecule has 17 heavy (non-hydrogen) atoms. The van der Waals surface area contributed by atoms with Crippen LogP contribution in [0.2, 0.25) is 0 Å². The Bertz CT molecular complexity index is 257. The molecule has 3 N–H and O–H groups in total. The summed E-state index contributed by atoms with van der Waals surface area (Å²) in [6.07, 6.45) is 4.84. The summed E-state index contributed by atoms with van der Waals surface area (Å²) < 4.78 is 0. The number of hydrogen-bond acceptors (Lipinski definition) is 2. The SMILES string of the molecule is CC1CCC(NC(=O)CC(N)CC(C)(C)C)C1. The number of amides is 1. The Labute approximate surface area is 106 Å². The first kappa shape index (κ1) is 14.5. The standard InChI is InChI=1S/C14H28N2O/c1-10-5-6-12(7-10)16-13(17)8-11(15)9-14(2,3)4/h10-12H,5-9,15H2,1-4H3,(H,16,17). The molecule has 1 fully saturated rings. The first-order valence-electron chi connectivity index (χ1n) is 6.81. The fraction of sp³-hybridized carbons (Fsp3) is 0.929. The minimum atomic E-state index is -0.0196. The summed E-state index contributed by atoms with van der Waals surface area (Å²) >= 11 is 0. The van der Waals surface area contributed by atoms with Crippen molar-refractivity contribution in [1.82, 2.24) is 5.32 Å². The largest absolute Gasteiger partial charge is 0.353 e. The van der Waals surface area contributed by atoms with E-state index in [1.807, 2.05) is 0 Å². The van der Waals surface area contributed by atoms with Crippen LogP contribution in [0.15, 0.2) is 0 Å². The summed E-state index contributed by atoms with van der Waals surface area (Å²) in [5.41, 5.74) is 6.20. The highest BCUT2D eigenvalue weighted by molar-refractivity contribution is 5.76. The highest BCUT2D eigenvalue weighted by Gasteiger charge is 2.24. The predicted octanol–water partition coefficient (Wildman–Crippen LogP) is 2.44. The van der Waals surface area contributed by atoms with Crippen LogP contribution in [0.1, 0.15) is 59.8 Å². The lowest BCUT2D eigenvalue weighted by molar-refractivity contribution is -0.122. The van der Waals surface area contributed by atoms with Crippen molar-refractivity contribution in [2.75, 3.05) is 0 Å². The van der Waals surface area contributed by atoms with E-state index in [9.17, 15) is 4.79 Å². The van der Waals surface area contributed by atoms with E-state index < -0.39 is 0 Å². The van der Waals surface area contributed by atoms with Gasteiger partial charge >= 0.3 is 0 Å². The number of hydrogen-bond donors (Lipinski definition) is 2. The molecule has 1 amide bonds. The minimum absolute atomic E-state index is 0.0196. The molecule has 0 aromatic rings. The quantitative estimate of drug-likeness (QED) is 0.793. The van der Waals surface area contributed by atoms with Gasteiger partial charge in [0.1, 0.15) is 0 Å². The van der Waals surface area contributed by atoms with E-state index in [-0.39, 0.29) is 17.4 Å². The molecule has 3 nitrogen and oxygen atoms in total. The summed E-state index contributed by atoms with van der Waals surface area (Å²) in [5.74, 6) is 0.879. The fourth-order valence-electron chi connectivity index (χ4n) is 2.72. The molecule has 0 radical (unpaired) electrons. The predicted molar refractivity (Wildman–Crippen MR) is 71.6 cm³/mol. The molecule has 0 aromatic carbocycles. The van der Waals surface area contributed by atoms with E-state index in [2.05, 4.69) is 33.0 Å². The molecule has 1 aliphatic carbocycles. The van der Waals surface area contributed by atoms with Gasteiger partial charge in [0.25, 0.3) is 0 Å². The molecule has 0 aromatic heterocycles. The zero-order valence-electron chi connectivity index (χ0n) is 11.8. The molecule has 1 saturated carbocycles. The van der Waals surface area contributed by atoms with E-state index in [0.29, 0.717) is 12.5 Å². The van der Waals surface area contributed by atoms with E-state index in [0.717, 1.165) is 25.2 Å². The van der Waals surface area contributed by atoms with Gasteiger partial charge < -0.3 is 11.1 Å². The van der Waals surface area contributed by atoms with Crippen molar-refractivity contribution in [3.63, 3.8) is 0 Å². The maximum atomic E-state index is 11.8. The van der Waals surface area contributed by atoms with Gasteiger partial charge in [-0.25, -0.2) is 0 Å². The maximum Gasteiger partial charge on any atom is 0.221 e. The van der Waals surface area contributed by atoms with Crippen molar-refractivity contribution < 1.29 is 4.79 Å². The smallest absolute Gasteiger partial charge is 0.221 e. The van der Waals surface area contributed by atoms with Crippen LogP contribution in [-0.4, -0.2) is 18.0 Å². The van der Waals surface area contributed by atoms with Crippen molar-refractivity contribution >= 4 is 5.91 Å². The van der Waals surface area contributed by atoms with Gasteiger partial charge in [-0.1, -0.05) is 27.7 Å². The Hall–Kier alpha value is -0.570. The summed E-state index contributed by atoms with van der Waals surface area (Å²) in [5, 5.41) is 3.11. The Morgan fingerprint density at radius 3 is 2.53 bits per heavy atom. The van der Waals surface area contributed by atoms with Crippen LogP contribution in [-0.2, 0) is 4.79 Å². The fourth-order valence-corrected chi connectivity index (χ4v) is 2.72. The highest BCUT2D eigenvalue weighted by Crippen LogP contribution is 2.25. The van der Waals surface area contributed by atoms with Gasteiger partial charge in [-0.15, -0.1) is 0 Å². The monoisotopic (exact) mass is 240 g/mol. The lowest BCUT2D eigenvalue weighted by atomic mass is 9.87. The molecular formula is C14H28N2O. The summed E-state index contributed by atoms with van der Waals surface area (Å²) in [6, 6.07) is 0.369. The molecule has 1 aliphatic rings. The molecule has 0 aliphatic heterocycles. The number of nitrogens with two attached hydrogens (primary N) is 1. The van der Waals surface area contributed by atoms with Gasteiger partial charge in [0, 0.05) is 18.5 Å². The normalized spacial score (nSPS) is 26.9. The third-order valence-electron chi connectivity index (χ3n) is 3.38. The van der Waals surface area contributed by atoms with Crippen LogP contribution in [0.5, 0.6) is 0 Å². The van der Waals surface area contributed by atoms with Crippen molar-refractivity contribution in [3.8, 4) is 0 Å². The molecular weight excluding hydrogens is 212 g/mol. The average Bonchev–Trinajstić information content (AvgIpc) is 2.46. The number of rotatable bonds is 4. The van der Waals surface area contributed by atoms with Crippen molar-refractivity contribution in [1.29, 1.82) is 0 Å². The van der Waals surface area contributed by atoms with Crippen LogP contribution in [0, 0.1) is 11.3 Å². The first-order chi connectivity index (χ1) is 7.76. The summed E-state index contributed by atoms with van der Waals surface area (Å²) in [6.45, 7) is 8.72. The molecule has 3 atom stereocenters. The third-order valence-corrected chi connectivity index (χ3v) is 3.38. The van der Waals surface area contributed by atoms with Crippen molar-refractivity contribution in [3.05, 3.63) is 0 Å². The Morgan fingerprint density at radius 1 is 1.41 bits per heavy atom.